The molecule has 0 atom stereocenters. The number of nitrogens with one attached hydrogen (secondary N) is 1. The molecule has 0 bridgehead atoms. The van der Waals surface area contributed by atoms with E-state index in [2.05, 4.69) is 15.3 Å². The summed E-state index contributed by atoms with van der Waals surface area (Å²) in [6, 6.07) is 3.32. The number of anilines is 1. The maximum Gasteiger partial charge on any atom is 0.260 e. The van der Waals surface area contributed by atoms with E-state index in [0.717, 1.165) is 5.57 Å². The zero-order chi connectivity index (χ0) is 26.9. The van der Waals surface area contributed by atoms with Crippen molar-refractivity contribution in [1.82, 2.24) is 24.8 Å². The standard InChI is InChI=1S/C25H28Cl2N6O4/c1-13(2)7-19(34)32-11-15(12-32)29-5-6-33-23-14(10-30-25(28)31-23)8-16(24(33)35)20-21(26)17(36-3)9-18(37-4)22(20)27/h7-10,15,29H,5-6,11-12H2,1-4H3,(H2,28,30,31). The maximum atomic E-state index is 13.8. The van der Waals surface area contributed by atoms with Gasteiger partial charge in [0, 0.05) is 61.5 Å². The lowest BCUT2D eigenvalue weighted by Gasteiger charge is -2.39. The quantitative estimate of drug-likeness (QED) is 0.413. The van der Waals surface area contributed by atoms with Crippen LogP contribution in [0.2, 0.25) is 10.0 Å². The van der Waals surface area contributed by atoms with Crippen LogP contribution in [0.15, 0.2) is 34.8 Å². The lowest BCUT2D eigenvalue weighted by molar-refractivity contribution is -0.130. The van der Waals surface area contributed by atoms with Gasteiger partial charge in [-0.25, -0.2) is 4.98 Å². The third kappa shape index (κ3) is 5.36. The molecule has 3 N–H and O–H groups in total. The van der Waals surface area contributed by atoms with Crippen molar-refractivity contribution in [2.45, 2.75) is 26.4 Å². The molecule has 4 rings (SSSR count). The van der Waals surface area contributed by atoms with Crippen molar-refractivity contribution in [3.05, 3.63) is 50.4 Å². The second-order valence-corrected chi connectivity index (χ2v) is 9.68. The van der Waals surface area contributed by atoms with Crippen LogP contribution in [0.4, 0.5) is 5.95 Å². The summed E-state index contributed by atoms with van der Waals surface area (Å²) < 4.78 is 12.3. The third-order valence-electron chi connectivity index (χ3n) is 6.06. The van der Waals surface area contributed by atoms with Gasteiger partial charge < -0.3 is 25.4 Å². The van der Waals surface area contributed by atoms with Crippen LogP contribution in [-0.4, -0.2) is 65.2 Å². The smallest absolute Gasteiger partial charge is 0.260 e. The molecule has 1 aromatic carbocycles. The molecule has 0 unspecified atom stereocenters. The van der Waals surface area contributed by atoms with Gasteiger partial charge in [0.15, 0.2) is 0 Å². The molecule has 1 saturated heterocycles. The molecule has 0 spiro atoms. The van der Waals surface area contributed by atoms with E-state index in [9.17, 15) is 9.59 Å². The number of benzene rings is 1. The normalized spacial score (nSPS) is 13.4. The van der Waals surface area contributed by atoms with E-state index in [1.165, 1.54) is 18.8 Å². The number of hydrogen-bond donors (Lipinski definition) is 2. The van der Waals surface area contributed by atoms with Gasteiger partial charge in [-0.15, -0.1) is 0 Å². The van der Waals surface area contributed by atoms with Gasteiger partial charge in [0.1, 0.15) is 17.1 Å². The molecular weight excluding hydrogens is 519 g/mol. The molecule has 1 aliphatic heterocycles. The van der Waals surface area contributed by atoms with E-state index in [1.54, 1.807) is 29.3 Å². The Kier molecular flexibility index (Phi) is 7.91. The summed E-state index contributed by atoms with van der Waals surface area (Å²) in [5, 5.41) is 4.34. The average molecular weight is 547 g/mol. The van der Waals surface area contributed by atoms with Crippen molar-refractivity contribution < 1.29 is 14.3 Å². The minimum absolute atomic E-state index is 0.00242. The zero-order valence-corrected chi connectivity index (χ0v) is 22.5. The number of amides is 1. The Morgan fingerprint density at radius 2 is 1.84 bits per heavy atom. The van der Waals surface area contributed by atoms with Gasteiger partial charge in [0.2, 0.25) is 11.9 Å². The summed E-state index contributed by atoms with van der Waals surface area (Å²) in [7, 11) is 2.93. The van der Waals surface area contributed by atoms with Gasteiger partial charge in [0.25, 0.3) is 5.56 Å². The second-order valence-electron chi connectivity index (χ2n) is 8.92. The Labute approximate surface area is 224 Å². The number of pyridine rings is 1. The van der Waals surface area contributed by atoms with Gasteiger partial charge in [-0.2, -0.15) is 4.98 Å². The summed E-state index contributed by atoms with van der Waals surface area (Å²) in [6.07, 6.45) is 3.17. The number of likely N-dealkylation sites (tertiary alicyclic amines) is 1. The molecule has 196 valence electrons. The lowest BCUT2D eigenvalue weighted by atomic mass is 10.0. The zero-order valence-electron chi connectivity index (χ0n) is 21.0. The predicted octanol–water partition coefficient (Wildman–Crippen LogP) is 3.13. The number of fused-ring (bicyclic) bond motifs is 1. The molecule has 37 heavy (non-hydrogen) atoms. The molecule has 2 aromatic heterocycles. The van der Waals surface area contributed by atoms with Crippen molar-refractivity contribution >= 4 is 46.1 Å². The first-order chi connectivity index (χ1) is 17.6. The first-order valence-corrected chi connectivity index (χ1v) is 12.3. The summed E-state index contributed by atoms with van der Waals surface area (Å²) in [4.78, 5) is 36.1. The molecule has 12 heteroatoms. The first kappa shape index (κ1) is 26.7. The van der Waals surface area contributed by atoms with Gasteiger partial charge >= 0.3 is 0 Å². The fraction of sp³-hybridized carbons (Fsp3) is 0.360. The third-order valence-corrected chi connectivity index (χ3v) is 6.81. The maximum absolute atomic E-state index is 13.8. The van der Waals surface area contributed by atoms with Crippen LogP contribution in [0.5, 0.6) is 11.5 Å². The number of nitrogens with two attached hydrogens (primary N) is 1. The fourth-order valence-corrected chi connectivity index (χ4v) is 4.89. The summed E-state index contributed by atoms with van der Waals surface area (Å²) in [6.45, 7) is 5.73. The van der Waals surface area contributed by atoms with Crippen molar-refractivity contribution in [2.24, 2.45) is 0 Å². The monoisotopic (exact) mass is 546 g/mol. The van der Waals surface area contributed by atoms with E-state index >= 15 is 0 Å². The Hall–Kier alpha value is -3.34. The number of ether oxygens (including phenoxy) is 2. The first-order valence-electron chi connectivity index (χ1n) is 11.6. The van der Waals surface area contributed by atoms with Crippen molar-refractivity contribution in [3.8, 4) is 22.6 Å². The lowest BCUT2D eigenvalue weighted by Crippen LogP contribution is -2.60. The highest BCUT2D eigenvalue weighted by Gasteiger charge is 2.29. The van der Waals surface area contributed by atoms with Gasteiger partial charge in [-0.3, -0.25) is 14.2 Å². The number of carbonyl (C=O) groups excluding carboxylic acids is 1. The number of carbonyl (C=O) groups is 1. The van der Waals surface area contributed by atoms with Gasteiger partial charge in [-0.05, 0) is 19.9 Å². The minimum Gasteiger partial charge on any atom is -0.495 e. The molecular formula is C25H28Cl2N6O4. The van der Waals surface area contributed by atoms with Crippen molar-refractivity contribution in [2.75, 3.05) is 39.6 Å². The molecule has 0 radical (unpaired) electrons. The summed E-state index contributed by atoms with van der Waals surface area (Å²) in [5.41, 5.74) is 7.35. The van der Waals surface area contributed by atoms with Crippen LogP contribution >= 0.6 is 23.2 Å². The number of nitrogens with zero attached hydrogens (tertiary/aromatic N) is 4. The van der Waals surface area contributed by atoms with Gasteiger partial charge in [0.05, 0.1) is 29.8 Å². The second kappa shape index (κ2) is 11.0. The highest BCUT2D eigenvalue weighted by Crippen LogP contribution is 2.45. The Balaban J connectivity index is 1.67. The Bertz CT molecular complexity index is 1420. The number of halogens is 2. The number of aromatic nitrogens is 3. The summed E-state index contributed by atoms with van der Waals surface area (Å²) >= 11 is 13.2. The van der Waals surface area contributed by atoms with Crippen LogP contribution < -0.4 is 26.1 Å². The van der Waals surface area contributed by atoms with Gasteiger partial charge in [-0.1, -0.05) is 28.8 Å². The van der Waals surface area contributed by atoms with E-state index in [-0.39, 0.29) is 51.2 Å². The predicted molar refractivity (Wildman–Crippen MR) is 145 cm³/mol. The molecule has 0 saturated carbocycles. The number of methoxy groups -OCH3 is 2. The highest BCUT2D eigenvalue weighted by atomic mass is 35.5. The Morgan fingerprint density at radius 3 is 2.43 bits per heavy atom. The van der Waals surface area contributed by atoms with Crippen LogP contribution in [0, 0.1) is 0 Å². The average Bonchev–Trinajstić information content (AvgIpc) is 2.82. The number of hydrogen-bond acceptors (Lipinski definition) is 8. The minimum atomic E-state index is -0.361. The SMILES string of the molecule is COc1cc(OC)c(Cl)c(-c2cc3cnc(N)nc3n(CCNC3CN(C(=O)C=C(C)C)C3)c2=O)c1Cl. The number of allylic oxidation sites excluding steroid dienone is 1. The highest BCUT2D eigenvalue weighted by molar-refractivity contribution is 6.41. The summed E-state index contributed by atoms with van der Waals surface area (Å²) in [5.74, 6) is 0.684. The van der Waals surface area contributed by atoms with Crippen LogP contribution in [0.25, 0.3) is 22.2 Å². The van der Waals surface area contributed by atoms with Crippen LogP contribution in [0.1, 0.15) is 13.8 Å². The van der Waals surface area contributed by atoms with E-state index in [1.807, 2.05) is 13.8 Å². The molecule has 3 heterocycles. The largest absolute Gasteiger partial charge is 0.495 e. The van der Waals surface area contributed by atoms with Crippen LogP contribution in [-0.2, 0) is 11.3 Å². The molecule has 1 fully saturated rings. The fourth-order valence-electron chi connectivity index (χ4n) is 4.19. The number of rotatable bonds is 8. The molecule has 1 aliphatic rings. The molecule has 0 aliphatic carbocycles. The van der Waals surface area contributed by atoms with Crippen LogP contribution in [0.3, 0.4) is 0 Å². The Morgan fingerprint density at radius 1 is 1.19 bits per heavy atom. The van der Waals surface area contributed by atoms with E-state index in [0.29, 0.717) is 42.2 Å². The molecule has 1 amide bonds. The molecule has 10 nitrogen and oxygen atoms in total. The van der Waals surface area contributed by atoms with E-state index < -0.39 is 0 Å². The van der Waals surface area contributed by atoms with Crippen molar-refractivity contribution in [3.63, 3.8) is 0 Å². The topological polar surface area (TPSA) is 125 Å². The number of nitrogen functional groups attached to an aromatic ring is 1. The molecule has 3 aromatic rings. The van der Waals surface area contributed by atoms with Crippen molar-refractivity contribution in [1.29, 1.82) is 0 Å². The van der Waals surface area contributed by atoms with E-state index in [4.69, 9.17) is 38.4 Å².